The predicted molar refractivity (Wildman–Crippen MR) is 75.3 cm³/mol. The van der Waals surface area contributed by atoms with E-state index in [1.54, 1.807) is 0 Å². The van der Waals surface area contributed by atoms with Crippen molar-refractivity contribution in [2.45, 2.75) is 0 Å². The van der Waals surface area contributed by atoms with Gasteiger partial charge < -0.3 is 5.32 Å². The first kappa shape index (κ1) is 14.3. The number of imidazole rings is 1. The molecule has 0 aliphatic carbocycles. The summed E-state index contributed by atoms with van der Waals surface area (Å²) in [6, 6.07) is 6.92. The Labute approximate surface area is 116 Å². The van der Waals surface area contributed by atoms with Gasteiger partial charge in [0, 0.05) is 13.1 Å². The molecule has 0 saturated carbocycles. The smallest absolute Gasteiger partial charge is 0.333 e. The number of nitrogens with zero attached hydrogens (tertiary/aromatic N) is 2. The molecule has 0 saturated heterocycles. The van der Waals surface area contributed by atoms with E-state index in [9.17, 15) is 13.2 Å². The zero-order valence-corrected chi connectivity index (χ0v) is 11.6. The number of rotatable bonds is 5. The minimum atomic E-state index is -3.24. The molecule has 1 aromatic carbocycles. The molecule has 0 aliphatic heterocycles. The van der Waals surface area contributed by atoms with Gasteiger partial charge in [0.25, 0.3) is 0 Å². The molecule has 2 amide bonds. The lowest BCUT2D eigenvalue weighted by atomic mass is 10.3. The summed E-state index contributed by atoms with van der Waals surface area (Å²) >= 11 is 0. The summed E-state index contributed by atoms with van der Waals surface area (Å²) in [5.41, 5.74) is 4.13. The van der Waals surface area contributed by atoms with Gasteiger partial charge in [-0.1, -0.05) is 12.1 Å². The van der Waals surface area contributed by atoms with E-state index in [2.05, 4.69) is 20.4 Å². The summed E-state index contributed by atoms with van der Waals surface area (Å²) < 4.78 is 25.4. The van der Waals surface area contributed by atoms with E-state index in [-0.39, 0.29) is 13.1 Å². The summed E-state index contributed by atoms with van der Waals surface area (Å²) in [6.45, 7) is 0.322. The molecular weight excluding hydrogens is 282 g/mol. The molecule has 9 heteroatoms. The van der Waals surface area contributed by atoms with Gasteiger partial charge >= 0.3 is 6.03 Å². The highest BCUT2D eigenvalue weighted by Gasteiger charge is 2.05. The highest BCUT2D eigenvalue weighted by molar-refractivity contribution is 7.88. The molecule has 0 atom stereocenters. The van der Waals surface area contributed by atoms with Crippen LogP contribution >= 0.6 is 0 Å². The first-order valence-electron chi connectivity index (χ1n) is 5.87. The molecule has 0 spiro atoms. The van der Waals surface area contributed by atoms with E-state index < -0.39 is 16.1 Å². The lowest BCUT2D eigenvalue weighted by Gasteiger charge is -2.09. The molecule has 0 radical (unpaired) electrons. The van der Waals surface area contributed by atoms with Gasteiger partial charge in [-0.15, -0.1) is 0 Å². The maximum Gasteiger partial charge on any atom is 0.333 e. The molecule has 8 nitrogen and oxygen atoms in total. The van der Waals surface area contributed by atoms with Crippen LogP contribution in [0.5, 0.6) is 0 Å². The van der Waals surface area contributed by atoms with Gasteiger partial charge in [-0.3, -0.25) is 0 Å². The Morgan fingerprint density at radius 1 is 1.30 bits per heavy atom. The Hall–Kier alpha value is -2.13. The highest BCUT2D eigenvalue weighted by atomic mass is 32.2. The Morgan fingerprint density at radius 3 is 2.80 bits per heavy atom. The largest absolute Gasteiger partial charge is 0.335 e. The number of fused-ring (bicyclic) bond motifs is 1. The number of para-hydroxylation sites is 2. The number of urea groups is 1. The Balaban J connectivity index is 1.86. The maximum absolute atomic E-state index is 11.6. The van der Waals surface area contributed by atoms with E-state index in [1.807, 2.05) is 24.3 Å². The molecule has 0 fully saturated rings. The molecular formula is C11H15N5O3S. The van der Waals surface area contributed by atoms with E-state index in [0.717, 1.165) is 17.3 Å². The van der Waals surface area contributed by atoms with Crippen molar-refractivity contribution in [1.29, 1.82) is 0 Å². The number of aromatic nitrogens is 2. The van der Waals surface area contributed by atoms with Crippen molar-refractivity contribution < 1.29 is 13.2 Å². The fourth-order valence-electron chi connectivity index (χ4n) is 1.61. The quantitative estimate of drug-likeness (QED) is 0.667. The van der Waals surface area contributed by atoms with Crippen molar-refractivity contribution in [2.24, 2.45) is 0 Å². The lowest BCUT2D eigenvalue weighted by molar-refractivity contribution is 0.250. The molecule has 20 heavy (non-hydrogen) atoms. The van der Waals surface area contributed by atoms with E-state index in [1.165, 1.54) is 11.0 Å². The minimum Gasteiger partial charge on any atom is -0.335 e. The molecule has 0 unspecified atom stereocenters. The van der Waals surface area contributed by atoms with Crippen LogP contribution in [0.15, 0.2) is 30.6 Å². The van der Waals surface area contributed by atoms with Crippen molar-refractivity contribution in [3.8, 4) is 0 Å². The molecule has 2 aromatic rings. The Kier molecular flexibility index (Phi) is 4.20. The first-order valence-corrected chi connectivity index (χ1v) is 7.76. The maximum atomic E-state index is 11.6. The summed E-state index contributed by atoms with van der Waals surface area (Å²) in [4.78, 5) is 15.8. The van der Waals surface area contributed by atoms with Crippen molar-refractivity contribution >= 4 is 27.1 Å². The van der Waals surface area contributed by atoms with Crippen LogP contribution in [0.3, 0.4) is 0 Å². The van der Waals surface area contributed by atoms with Gasteiger partial charge in [0.1, 0.15) is 6.33 Å². The highest BCUT2D eigenvalue weighted by Crippen LogP contribution is 2.09. The SMILES string of the molecule is CS(=O)(=O)NCCNC(=O)Nn1cnc2ccccc21. The van der Waals surface area contributed by atoms with Crippen LogP contribution in [-0.2, 0) is 10.0 Å². The number of amides is 2. The zero-order valence-electron chi connectivity index (χ0n) is 10.8. The second kappa shape index (κ2) is 5.88. The van der Waals surface area contributed by atoms with Gasteiger partial charge in [-0.05, 0) is 12.1 Å². The number of nitrogens with one attached hydrogen (secondary N) is 3. The predicted octanol–water partition coefficient (Wildman–Crippen LogP) is -0.161. The molecule has 2 rings (SSSR count). The van der Waals surface area contributed by atoms with Crippen molar-refractivity contribution in [1.82, 2.24) is 19.7 Å². The molecule has 1 aromatic heterocycles. The number of benzene rings is 1. The van der Waals surface area contributed by atoms with Crippen LogP contribution in [-0.4, -0.2) is 43.5 Å². The van der Waals surface area contributed by atoms with Crippen LogP contribution in [0, 0.1) is 0 Å². The topological polar surface area (TPSA) is 105 Å². The van der Waals surface area contributed by atoms with Gasteiger partial charge in [-0.25, -0.2) is 33.0 Å². The second-order valence-electron chi connectivity index (χ2n) is 4.14. The number of sulfonamides is 1. The molecule has 3 N–H and O–H groups in total. The third kappa shape index (κ3) is 3.93. The normalized spacial score (nSPS) is 11.4. The van der Waals surface area contributed by atoms with Gasteiger partial charge in [0.15, 0.2) is 0 Å². The number of carbonyl (C=O) groups excluding carboxylic acids is 1. The van der Waals surface area contributed by atoms with E-state index in [0.29, 0.717) is 0 Å². The van der Waals surface area contributed by atoms with Crippen LogP contribution in [0.25, 0.3) is 11.0 Å². The van der Waals surface area contributed by atoms with Gasteiger partial charge in [-0.2, -0.15) is 0 Å². The summed E-state index contributed by atoms with van der Waals surface area (Å²) in [7, 11) is -3.24. The fourth-order valence-corrected chi connectivity index (χ4v) is 2.08. The average molecular weight is 297 g/mol. The zero-order chi connectivity index (χ0) is 14.6. The third-order valence-corrected chi connectivity index (χ3v) is 3.18. The van der Waals surface area contributed by atoms with Crippen molar-refractivity contribution in [3.05, 3.63) is 30.6 Å². The van der Waals surface area contributed by atoms with Crippen LogP contribution in [0.2, 0.25) is 0 Å². The van der Waals surface area contributed by atoms with Crippen molar-refractivity contribution in [3.63, 3.8) is 0 Å². The number of hydrogen-bond donors (Lipinski definition) is 3. The summed E-state index contributed by atoms with van der Waals surface area (Å²) in [5.74, 6) is 0. The Morgan fingerprint density at radius 2 is 2.05 bits per heavy atom. The summed E-state index contributed by atoms with van der Waals surface area (Å²) in [6.07, 6.45) is 2.56. The average Bonchev–Trinajstić information content (AvgIpc) is 2.77. The van der Waals surface area contributed by atoms with Crippen LogP contribution in [0.1, 0.15) is 0 Å². The molecule has 0 aliphatic rings. The lowest BCUT2D eigenvalue weighted by Crippen LogP contribution is -2.38. The van der Waals surface area contributed by atoms with Gasteiger partial charge in [0.05, 0.1) is 17.3 Å². The number of hydrogen-bond acceptors (Lipinski definition) is 4. The first-order chi connectivity index (χ1) is 9.46. The van der Waals surface area contributed by atoms with E-state index >= 15 is 0 Å². The van der Waals surface area contributed by atoms with Crippen LogP contribution < -0.4 is 15.5 Å². The monoisotopic (exact) mass is 297 g/mol. The van der Waals surface area contributed by atoms with Crippen molar-refractivity contribution in [2.75, 3.05) is 24.8 Å². The molecule has 0 bridgehead atoms. The van der Waals surface area contributed by atoms with E-state index in [4.69, 9.17) is 0 Å². The number of carbonyl (C=O) groups is 1. The molecule has 1 heterocycles. The Bertz CT molecular complexity index is 710. The van der Waals surface area contributed by atoms with Gasteiger partial charge in [0.2, 0.25) is 10.0 Å². The van der Waals surface area contributed by atoms with Crippen LogP contribution in [0.4, 0.5) is 4.79 Å². The summed E-state index contributed by atoms with van der Waals surface area (Å²) in [5, 5.41) is 2.53. The molecule has 108 valence electrons. The standard InChI is InChI=1S/C11H15N5O3S/c1-20(18,19)14-7-6-12-11(17)15-16-8-13-9-4-2-3-5-10(9)16/h2-5,8,14H,6-7H2,1H3,(H2,12,15,17). The second-order valence-corrected chi connectivity index (χ2v) is 5.97. The minimum absolute atomic E-state index is 0.136. The fraction of sp³-hybridized carbons (Fsp3) is 0.273. The third-order valence-electron chi connectivity index (χ3n) is 2.45.